The zero-order valence-corrected chi connectivity index (χ0v) is 19.3. The third kappa shape index (κ3) is 4.37. The van der Waals surface area contributed by atoms with Gasteiger partial charge in [0.05, 0.1) is 18.4 Å². The second-order valence-electron chi connectivity index (χ2n) is 8.83. The van der Waals surface area contributed by atoms with Crippen LogP contribution in [0.25, 0.3) is 0 Å². The van der Waals surface area contributed by atoms with E-state index in [0.29, 0.717) is 60.8 Å². The number of ketones is 1. The van der Waals surface area contributed by atoms with Crippen LogP contribution < -0.4 is 10.1 Å². The van der Waals surface area contributed by atoms with Gasteiger partial charge < -0.3 is 15.0 Å². The molecule has 1 spiro atoms. The average molecular weight is 455 g/mol. The molecule has 1 N–H and O–H groups in total. The number of halogens is 1. The number of likely N-dealkylation sites (tertiary alicyclic amines) is 1. The fourth-order valence-electron chi connectivity index (χ4n) is 4.64. The van der Waals surface area contributed by atoms with E-state index in [1.807, 2.05) is 36.9 Å². The van der Waals surface area contributed by atoms with E-state index in [4.69, 9.17) is 16.3 Å². The molecule has 2 heterocycles. The van der Waals surface area contributed by atoms with Gasteiger partial charge in [-0.05, 0) is 48.7 Å². The van der Waals surface area contributed by atoms with Crippen LogP contribution in [0, 0.1) is 13.8 Å². The molecule has 168 valence electrons. The molecule has 2 aromatic rings. The lowest BCUT2D eigenvalue weighted by molar-refractivity contribution is -0.134. The van der Waals surface area contributed by atoms with Crippen LogP contribution in [0.5, 0.6) is 5.75 Å². The van der Waals surface area contributed by atoms with Gasteiger partial charge in [0.25, 0.3) is 0 Å². The predicted molar refractivity (Wildman–Crippen MR) is 123 cm³/mol. The van der Waals surface area contributed by atoms with Crippen molar-refractivity contribution >= 4 is 34.9 Å². The lowest BCUT2D eigenvalue weighted by Crippen LogP contribution is -2.52. The molecule has 2 aliphatic heterocycles. The summed E-state index contributed by atoms with van der Waals surface area (Å²) >= 11 is 6.34. The number of rotatable bonds is 3. The Labute approximate surface area is 192 Å². The topological polar surface area (TPSA) is 75.7 Å². The molecule has 2 aromatic carbocycles. The van der Waals surface area contributed by atoms with Gasteiger partial charge in [-0.25, -0.2) is 0 Å². The SMILES string of the molecule is CC(=O)Nc1ccc(CC(=O)N2CCC3(CC2)CC(=O)c2c(cc(C)c(Cl)c2C)O3)cc1. The van der Waals surface area contributed by atoms with E-state index in [9.17, 15) is 14.4 Å². The van der Waals surface area contributed by atoms with Crippen molar-refractivity contribution in [1.29, 1.82) is 0 Å². The number of Topliss-reactive ketones (excluding diaryl/α,β-unsaturated/α-hetero) is 1. The van der Waals surface area contributed by atoms with E-state index >= 15 is 0 Å². The molecule has 0 aliphatic carbocycles. The Morgan fingerprint density at radius 2 is 1.81 bits per heavy atom. The molecule has 0 atom stereocenters. The number of anilines is 1. The Kier molecular flexibility index (Phi) is 5.99. The van der Waals surface area contributed by atoms with Gasteiger partial charge in [-0.1, -0.05) is 23.7 Å². The maximum absolute atomic E-state index is 12.9. The third-order valence-electron chi connectivity index (χ3n) is 6.39. The zero-order valence-electron chi connectivity index (χ0n) is 18.6. The van der Waals surface area contributed by atoms with E-state index in [1.165, 1.54) is 6.92 Å². The van der Waals surface area contributed by atoms with Crippen LogP contribution in [0.2, 0.25) is 5.02 Å². The Balaban J connectivity index is 1.40. The molecular formula is C25H27ClN2O4. The van der Waals surface area contributed by atoms with Crippen LogP contribution in [0.1, 0.15) is 53.2 Å². The second-order valence-corrected chi connectivity index (χ2v) is 9.20. The summed E-state index contributed by atoms with van der Waals surface area (Å²) < 4.78 is 6.39. The standard InChI is InChI=1S/C25H27ClN2O4/c1-15-12-21-23(16(2)24(15)26)20(30)14-25(32-21)8-10-28(11-9-25)22(31)13-18-4-6-19(7-5-18)27-17(3)29/h4-7,12H,8-11,13-14H2,1-3H3,(H,27,29). The van der Waals surface area contributed by atoms with Crippen LogP contribution in [-0.4, -0.2) is 41.2 Å². The molecule has 0 unspecified atom stereocenters. The number of amides is 2. The maximum atomic E-state index is 12.9. The maximum Gasteiger partial charge on any atom is 0.226 e. The number of hydrogen-bond acceptors (Lipinski definition) is 4. The summed E-state index contributed by atoms with van der Waals surface area (Å²) in [6.07, 6.45) is 1.85. The highest BCUT2D eigenvalue weighted by Crippen LogP contribution is 2.43. The molecule has 4 rings (SSSR count). The lowest BCUT2D eigenvalue weighted by Gasteiger charge is -2.44. The lowest BCUT2D eigenvalue weighted by atomic mass is 9.81. The van der Waals surface area contributed by atoms with Crippen molar-refractivity contribution in [3.05, 3.63) is 57.6 Å². The van der Waals surface area contributed by atoms with Crippen molar-refractivity contribution in [2.45, 2.75) is 52.1 Å². The quantitative estimate of drug-likeness (QED) is 0.741. The number of fused-ring (bicyclic) bond motifs is 1. The van der Waals surface area contributed by atoms with Gasteiger partial charge in [0, 0.05) is 43.6 Å². The van der Waals surface area contributed by atoms with Crippen LogP contribution in [0.4, 0.5) is 5.69 Å². The molecule has 32 heavy (non-hydrogen) atoms. The van der Waals surface area contributed by atoms with Gasteiger partial charge in [-0.2, -0.15) is 0 Å². The number of hydrogen-bond donors (Lipinski definition) is 1. The molecule has 0 bridgehead atoms. The normalized spacial score (nSPS) is 17.0. The van der Waals surface area contributed by atoms with Gasteiger partial charge in [0.15, 0.2) is 5.78 Å². The fraction of sp³-hybridized carbons (Fsp3) is 0.400. The average Bonchev–Trinajstić information content (AvgIpc) is 2.73. The largest absolute Gasteiger partial charge is 0.486 e. The number of benzene rings is 2. The van der Waals surface area contributed by atoms with E-state index in [1.54, 1.807) is 12.1 Å². The van der Waals surface area contributed by atoms with Gasteiger partial charge in [-0.3, -0.25) is 14.4 Å². The molecule has 2 aliphatic rings. The predicted octanol–water partition coefficient (Wildman–Crippen LogP) is 4.48. The molecule has 2 amide bonds. The summed E-state index contributed by atoms with van der Waals surface area (Å²) in [6, 6.07) is 9.15. The summed E-state index contributed by atoms with van der Waals surface area (Å²) in [5, 5.41) is 3.33. The molecule has 7 heteroatoms. The van der Waals surface area contributed by atoms with Crippen LogP contribution in [-0.2, 0) is 16.0 Å². The first-order valence-corrected chi connectivity index (χ1v) is 11.2. The van der Waals surface area contributed by atoms with Crippen LogP contribution >= 0.6 is 11.6 Å². The highest BCUT2D eigenvalue weighted by Gasteiger charge is 2.44. The number of nitrogens with zero attached hydrogens (tertiary/aromatic N) is 1. The number of aryl methyl sites for hydroxylation is 1. The minimum atomic E-state index is -0.562. The molecule has 1 saturated heterocycles. The Hall–Kier alpha value is -2.86. The van der Waals surface area contributed by atoms with E-state index in [0.717, 1.165) is 16.7 Å². The van der Waals surface area contributed by atoms with E-state index in [2.05, 4.69) is 5.32 Å². The van der Waals surface area contributed by atoms with E-state index in [-0.39, 0.29) is 17.6 Å². The monoisotopic (exact) mass is 454 g/mol. The summed E-state index contributed by atoms with van der Waals surface area (Å²) in [7, 11) is 0. The number of carbonyl (C=O) groups excluding carboxylic acids is 3. The molecule has 0 saturated carbocycles. The minimum Gasteiger partial charge on any atom is -0.486 e. The first kappa shape index (κ1) is 22.3. The van der Waals surface area contributed by atoms with Crippen molar-refractivity contribution in [1.82, 2.24) is 4.90 Å². The van der Waals surface area contributed by atoms with Crippen molar-refractivity contribution in [2.24, 2.45) is 0 Å². The Morgan fingerprint density at radius 3 is 2.44 bits per heavy atom. The Bertz CT molecular complexity index is 1090. The molecule has 6 nitrogen and oxygen atoms in total. The highest BCUT2D eigenvalue weighted by atomic mass is 35.5. The number of ether oxygens (including phenoxy) is 1. The summed E-state index contributed by atoms with van der Waals surface area (Å²) in [5.74, 6) is 0.591. The molecule has 1 fully saturated rings. The van der Waals surface area contributed by atoms with E-state index < -0.39 is 5.60 Å². The Morgan fingerprint density at radius 1 is 1.16 bits per heavy atom. The third-order valence-corrected chi connectivity index (χ3v) is 6.97. The minimum absolute atomic E-state index is 0.0492. The summed E-state index contributed by atoms with van der Waals surface area (Å²) in [5.41, 5.74) is 3.30. The first-order chi connectivity index (χ1) is 15.2. The number of carbonyl (C=O) groups is 3. The van der Waals surface area contributed by atoms with Crippen molar-refractivity contribution in [3.8, 4) is 5.75 Å². The smallest absolute Gasteiger partial charge is 0.226 e. The summed E-state index contributed by atoms with van der Waals surface area (Å²) in [4.78, 5) is 38.8. The molecular weight excluding hydrogens is 428 g/mol. The van der Waals surface area contributed by atoms with Gasteiger partial charge in [0.1, 0.15) is 11.4 Å². The summed E-state index contributed by atoms with van der Waals surface area (Å²) in [6.45, 7) is 6.33. The molecule has 0 aromatic heterocycles. The second kappa shape index (κ2) is 8.58. The molecule has 0 radical (unpaired) electrons. The number of piperidine rings is 1. The van der Waals surface area contributed by atoms with Gasteiger partial charge in [0.2, 0.25) is 11.8 Å². The number of nitrogens with one attached hydrogen (secondary N) is 1. The first-order valence-electron chi connectivity index (χ1n) is 10.8. The van der Waals surface area contributed by atoms with Gasteiger partial charge in [-0.15, -0.1) is 0 Å². The van der Waals surface area contributed by atoms with Crippen molar-refractivity contribution in [3.63, 3.8) is 0 Å². The van der Waals surface area contributed by atoms with Crippen LogP contribution in [0.3, 0.4) is 0 Å². The van der Waals surface area contributed by atoms with Crippen LogP contribution in [0.15, 0.2) is 30.3 Å². The highest BCUT2D eigenvalue weighted by molar-refractivity contribution is 6.32. The van der Waals surface area contributed by atoms with Crippen molar-refractivity contribution < 1.29 is 19.1 Å². The fourth-order valence-corrected chi connectivity index (χ4v) is 4.79. The zero-order chi connectivity index (χ0) is 23.0. The van der Waals surface area contributed by atoms with Crippen molar-refractivity contribution in [2.75, 3.05) is 18.4 Å². The van der Waals surface area contributed by atoms with Gasteiger partial charge >= 0.3 is 0 Å².